The maximum atomic E-state index is 6.19. The predicted octanol–water partition coefficient (Wildman–Crippen LogP) is 4.21. The number of hydrogen-bond donors (Lipinski definition) is 2. The quantitative estimate of drug-likeness (QED) is 0.543. The van der Waals surface area contributed by atoms with E-state index in [2.05, 4.69) is 18.2 Å². The molecule has 0 aromatic heterocycles. The molecule has 0 unspecified atom stereocenters. The molecule has 1 aliphatic carbocycles. The molecule has 0 spiro atoms. The van der Waals surface area contributed by atoms with Gasteiger partial charge in [-0.25, -0.2) is 0 Å². The maximum absolute atomic E-state index is 6.19. The molecule has 0 amide bonds. The Morgan fingerprint density at radius 3 is 2.36 bits per heavy atom. The molecule has 4 N–H and O–H groups in total. The number of nitrogen functional groups attached to an aromatic ring is 2. The lowest BCUT2D eigenvalue weighted by Crippen LogP contribution is -2.01. The Kier molecular flexibility index (Phi) is 2.79. The topological polar surface area (TPSA) is 61.3 Å². The zero-order chi connectivity index (χ0) is 15.1. The molecule has 3 aromatic carbocycles. The van der Waals surface area contributed by atoms with Gasteiger partial charge in [0.15, 0.2) is 5.75 Å². The van der Waals surface area contributed by atoms with Crippen molar-refractivity contribution in [3.63, 3.8) is 0 Å². The minimum atomic E-state index is 0.510. The number of rotatable bonds is 2. The molecule has 1 aliphatic rings. The molecular weight excluding hydrogens is 272 g/mol. The van der Waals surface area contributed by atoms with E-state index in [4.69, 9.17) is 16.2 Å². The summed E-state index contributed by atoms with van der Waals surface area (Å²) in [5.74, 6) is 1.44. The van der Waals surface area contributed by atoms with Gasteiger partial charge in [-0.05, 0) is 34.9 Å². The van der Waals surface area contributed by atoms with Gasteiger partial charge in [-0.3, -0.25) is 0 Å². The van der Waals surface area contributed by atoms with E-state index in [1.54, 1.807) is 0 Å². The number of para-hydroxylation sites is 1. The smallest absolute Gasteiger partial charge is 0.156 e. The van der Waals surface area contributed by atoms with Crippen LogP contribution in [0, 0.1) is 0 Å². The molecule has 0 bridgehead atoms. The second kappa shape index (κ2) is 4.81. The second-order valence-electron chi connectivity index (χ2n) is 5.48. The second-order valence-corrected chi connectivity index (χ2v) is 5.48. The van der Waals surface area contributed by atoms with Crippen LogP contribution >= 0.6 is 0 Å². The first-order valence-electron chi connectivity index (χ1n) is 7.26. The van der Waals surface area contributed by atoms with Crippen LogP contribution in [-0.4, -0.2) is 0 Å². The first kappa shape index (κ1) is 12.8. The fourth-order valence-corrected chi connectivity index (χ4v) is 3.00. The summed E-state index contributed by atoms with van der Waals surface area (Å²) < 4.78 is 6.06. The van der Waals surface area contributed by atoms with E-state index in [0.29, 0.717) is 17.1 Å². The van der Waals surface area contributed by atoms with Gasteiger partial charge in [0.1, 0.15) is 5.75 Å². The summed E-state index contributed by atoms with van der Waals surface area (Å²) in [5, 5.41) is 0. The first-order valence-corrected chi connectivity index (χ1v) is 7.26. The summed E-state index contributed by atoms with van der Waals surface area (Å²) in [6.45, 7) is 0. The predicted molar refractivity (Wildman–Crippen MR) is 90.0 cm³/mol. The van der Waals surface area contributed by atoms with Crippen molar-refractivity contribution in [1.82, 2.24) is 0 Å². The molecule has 0 radical (unpaired) electrons. The molecular formula is C19H16N2O. The minimum Gasteiger partial charge on any atom is -0.455 e. The van der Waals surface area contributed by atoms with Crippen molar-refractivity contribution in [3.8, 4) is 22.6 Å². The van der Waals surface area contributed by atoms with Gasteiger partial charge in [0.25, 0.3) is 0 Å². The molecule has 108 valence electrons. The average Bonchev–Trinajstić information content (AvgIpc) is 2.91. The Labute approximate surface area is 129 Å². The van der Waals surface area contributed by atoms with Crippen LogP contribution in [0.2, 0.25) is 0 Å². The van der Waals surface area contributed by atoms with Crippen LogP contribution in [0.4, 0.5) is 11.4 Å². The van der Waals surface area contributed by atoms with Crippen LogP contribution in [0.15, 0.2) is 60.7 Å². The van der Waals surface area contributed by atoms with E-state index < -0.39 is 0 Å². The standard InChI is InChI=1S/C19H16N2O/c20-17-11-15-14-9-5-4-6-12(14)10-16(15)19(18(17)21)22-13-7-2-1-3-8-13/h1-9,11H,10,20-21H2. The van der Waals surface area contributed by atoms with Gasteiger partial charge >= 0.3 is 0 Å². The Morgan fingerprint density at radius 1 is 0.818 bits per heavy atom. The lowest BCUT2D eigenvalue weighted by atomic mass is 10.0. The molecule has 4 rings (SSSR count). The lowest BCUT2D eigenvalue weighted by molar-refractivity contribution is 0.481. The Balaban J connectivity index is 1.88. The monoisotopic (exact) mass is 288 g/mol. The van der Waals surface area contributed by atoms with Crippen molar-refractivity contribution >= 4 is 11.4 Å². The molecule has 3 nitrogen and oxygen atoms in total. The van der Waals surface area contributed by atoms with Crippen molar-refractivity contribution in [1.29, 1.82) is 0 Å². The van der Waals surface area contributed by atoms with Gasteiger partial charge in [0.2, 0.25) is 0 Å². The highest BCUT2D eigenvalue weighted by molar-refractivity contribution is 5.88. The number of nitrogens with two attached hydrogens (primary N) is 2. The SMILES string of the molecule is Nc1cc2c(c(Oc3ccccc3)c1N)Cc1ccccc1-2. The fourth-order valence-electron chi connectivity index (χ4n) is 3.00. The van der Waals surface area contributed by atoms with Gasteiger partial charge in [-0.15, -0.1) is 0 Å². The summed E-state index contributed by atoms with van der Waals surface area (Å²) in [5.41, 5.74) is 18.1. The van der Waals surface area contributed by atoms with Gasteiger partial charge in [-0.2, -0.15) is 0 Å². The van der Waals surface area contributed by atoms with Crippen LogP contribution in [-0.2, 0) is 6.42 Å². The van der Waals surface area contributed by atoms with E-state index in [1.807, 2.05) is 42.5 Å². The van der Waals surface area contributed by atoms with Crippen molar-refractivity contribution in [2.45, 2.75) is 6.42 Å². The summed E-state index contributed by atoms with van der Waals surface area (Å²) in [4.78, 5) is 0. The maximum Gasteiger partial charge on any atom is 0.156 e. The molecule has 0 saturated heterocycles. The number of benzene rings is 3. The Hall–Kier alpha value is -2.94. The fraction of sp³-hybridized carbons (Fsp3) is 0.0526. The molecule has 22 heavy (non-hydrogen) atoms. The summed E-state index contributed by atoms with van der Waals surface area (Å²) in [7, 11) is 0. The molecule has 0 atom stereocenters. The highest BCUT2D eigenvalue weighted by Gasteiger charge is 2.25. The number of hydrogen-bond acceptors (Lipinski definition) is 3. The van der Waals surface area contributed by atoms with Crippen molar-refractivity contribution < 1.29 is 4.74 Å². The average molecular weight is 288 g/mol. The van der Waals surface area contributed by atoms with Gasteiger partial charge in [-0.1, -0.05) is 42.5 Å². The van der Waals surface area contributed by atoms with Crippen LogP contribution in [0.25, 0.3) is 11.1 Å². The highest BCUT2D eigenvalue weighted by Crippen LogP contribution is 2.47. The summed E-state index contributed by atoms with van der Waals surface area (Å²) in [6, 6.07) is 19.9. The van der Waals surface area contributed by atoms with Crippen LogP contribution < -0.4 is 16.2 Å². The first-order chi connectivity index (χ1) is 10.7. The summed E-state index contributed by atoms with van der Waals surface area (Å²) >= 11 is 0. The molecule has 3 heteroatoms. The third-order valence-corrected chi connectivity index (χ3v) is 4.09. The third kappa shape index (κ3) is 1.91. The van der Waals surface area contributed by atoms with Crippen LogP contribution in [0.1, 0.15) is 11.1 Å². The molecule has 0 heterocycles. The van der Waals surface area contributed by atoms with Gasteiger partial charge in [0.05, 0.1) is 11.4 Å². The van der Waals surface area contributed by atoms with E-state index >= 15 is 0 Å². The lowest BCUT2D eigenvalue weighted by Gasteiger charge is -2.15. The van der Waals surface area contributed by atoms with E-state index in [1.165, 1.54) is 11.1 Å². The van der Waals surface area contributed by atoms with E-state index in [0.717, 1.165) is 23.3 Å². The van der Waals surface area contributed by atoms with Crippen molar-refractivity contribution in [3.05, 3.63) is 71.8 Å². The number of anilines is 2. The third-order valence-electron chi connectivity index (χ3n) is 4.09. The van der Waals surface area contributed by atoms with E-state index in [9.17, 15) is 0 Å². The van der Waals surface area contributed by atoms with Crippen molar-refractivity contribution in [2.24, 2.45) is 0 Å². The van der Waals surface area contributed by atoms with Gasteiger partial charge in [0, 0.05) is 12.0 Å². The molecule has 0 aliphatic heterocycles. The van der Waals surface area contributed by atoms with E-state index in [-0.39, 0.29) is 0 Å². The number of fused-ring (bicyclic) bond motifs is 3. The summed E-state index contributed by atoms with van der Waals surface area (Å²) in [6.07, 6.45) is 0.818. The molecule has 0 saturated carbocycles. The zero-order valence-electron chi connectivity index (χ0n) is 12.0. The van der Waals surface area contributed by atoms with Crippen LogP contribution in [0.5, 0.6) is 11.5 Å². The molecule has 3 aromatic rings. The minimum absolute atomic E-state index is 0.510. The number of ether oxygens (including phenoxy) is 1. The Morgan fingerprint density at radius 2 is 1.55 bits per heavy atom. The zero-order valence-corrected chi connectivity index (χ0v) is 12.0. The molecule has 0 fully saturated rings. The highest BCUT2D eigenvalue weighted by atomic mass is 16.5. The largest absolute Gasteiger partial charge is 0.455 e. The van der Waals surface area contributed by atoms with Gasteiger partial charge < -0.3 is 16.2 Å². The van der Waals surface area contributed by atoms with Crippen molar-refractivity contribution in [2.75, 3.05) is 11.5 Å². The Bertz CT molecular complexity index is 857. The van der Waals surface area contributed by atoms with Crippen LogP contribution in [0.3, 0.4) is 0 Å². The normalized spacial score (nSPS) is 11.8.